The van der Waals surface area contributed by atoms with E-state index in [1.54, 1.807) is 42.5 Å². The molecule has 28 heavy (non-hydrogen) atoms. The molecule has 2 amide bonds. The zero-order valence-electron chi connectivity index (χ0n) is 14.6. The maximum absolute atomic E-state index is 13.7. The molecule has 0 atom stereocenters. The third kappa shape index (κ3) is 4.80. The van der Waals surface area contributed by atoms with Gasteiger partial charge in [0.25, 0.3) is 11.8 Å². The van der Waals surface area contributed by atoms with E-state index in [1.165, 1.54) is 24.5 Å². The van der Waals surface area contributed by atoms with Gasteiger partial charge >= 0.3 is 0 Å². The lowest BCUT2D eigenvalue weighted by Gasteiger charge is -2.13. The largest absolute Gasteiger partial charge is 0.467 e. The summed E-state index contributed by atoms with van der Waals surface area (Å²) in [5, 5.41) is 7.88. The smallest absolute Gasteiger partial charge is 0.260 e. The number of benzene rings is 2. The highest BCUT2D eigenvalue weighted by Crippen LogP contribution is 2.15. The molecular weight excluding hydrogens is 381 g/mol. The number of carbonyl (C=O) groups excluding carboxylic acids is 2. The summed E-state index contributed by atoms with van der Waals surface area (Å²) in [4.78, 5) is 24.6. The van der Waals surface area contributed by atoms with Crippen molar-refractivity contribution in [1.29, 1.82) is 0 Å². The van der Waals surface area contributed by atoms with Crippen LogP contribution in [0.3, 0.4) is 0 Å². The van der Waals surface area contributed by atoms with Crippen molar-refractivity contribution < 1.29 is 18.4 Å². The van der Waals surface area contributed by atoms with Gasteiger partial charge in [-0.25, -0.2) is 4.39 Å². The summed E-state index contributed by atoms with van der Waals surface area (Å²) in [7, 11) is 0. The molecule has 3 aromatic rings. The number of thiocarbonyl (C=S) groups is 1. The molecule has 0 radical (unpaired) electrons. The molecule has 0 saturated carbocycles. The van der Waals surface area contributed by atoms with E-state index >= 15 is 0 Å². The second-order valence-electron chi connectivity index (χ2n) is 5.70. The van der Waals surface area contributed by atoms with E-state index in [4.69, 9.17) is 16.6 Å². The Morgan fingerprint density at radius 3 is 2.36 bits per heavy atom. The quantitative estimate of drug-likeness (QED) is 0.574. The van der Waals surface area contributed by atoms with Gasteiger partial charge in [-0.05, 0) is 48.6 Å². The highest BCUT2D eigenvalue weighted by Gasteiger charge is 2.15. The predicted molar refractivity (Wildman–Crippen MR) is 106 cm³/mol. The van der Waals surface area contributed by atoms with Gasteiger partial charge in [-0.2, -0.15) is 0 Å². The van der Waals surface area contributed by atoms with Crippen LogP contribution in [0.4, 0.5) is 10.1 Å². The van der Waals surface area contributed by atoms with Crippen LogP contribution in [-0.2, 0) is 6.54 Å². The van der Waals surface area contributed by atoms with Gasteiger partial charge in [0.05, 0.1) is 29.6 Å². The molecule has 0 aliphatic rings. The lowest BCUT2D eigenvalue weighted by Crippen LogP contribution is -2.35. The molecular formula is C20H16FN3O3S. The summed E-state index contributed by atoms with van der Waals surface area (Å²) in [6, 6.07) is 15.7. The maximum atomic E-state index is 13.7. The van der Waals surface area contributed by atoms with E-state index in [2.05, 4.69) is 16.0 Å². The van der Waals surface area contributed by atoms with E-state index < -0.39 is 11.7 Å². The number of nitrogens with one attached hydrogen (secondary N) is 3. The standard InChI is InChI=1S/C20H16FN3O3S/c21-16-9-3-1-7-14(16)19(26)24-20(28)23-17-10-4-2-8-15(17)18(25)22-12-13-6-5-11-27-13/h1-11H,12H2,(H,22,25)(H2,23,24,26,28). The molecule has 0 aliphatic heterocycles. The van der Waals surface area contributed by atoms with Crippen molar-refractivity contribution in [3.63, 3.8) is 0 Å². The van der Waals surface area contributed by atoms with Crippen LogP contribution >= 0.6 is 12.2 Å². The third-order valence-corrected chi connectivity index (χ3v) is 3.97. The van der Waals surface area contributed by atoms with Crippen molar-refractivity contribution >= 4 is 34.8 Å². The Morgan fingerprint density at radius 2 is 1.64 bits per heavy atom. The highest BCUT2D eigenvalue weighted by atomic mass is 32.1. The summed E-state index contributed by atoms with van der Waals surface area (Å²) in [6.07, 6.45) is 1.52. The van der Waals surface area contributed by atoms with Crippen molar-refractivity contribution in [2.24, 2.45) is 0 Å². The molecule has 0 fully saturated rings. The first-order valence-electron chi connectivity index (χ1n) is 8.31. The number of carbonyl (C=O) groups is 2. The molecule has 0 saturated heterocycles. The zero-order chi connectivity index (χ0) is 19.9. The molecule has 8 heteroatoms. The minimum absolute atomic E-state index is 0.0560. The summed E-state index contributed by atoms with van der Waals surface area (Å²) in [6.45, 7) is 0.231. The van der Waals surface area contributed by atoms with Gasteiger partial charge in [0, 0.05) is 0 Å². The number of hydrogen-bond donors (Lipinski definition) is 3. The van der Waals surface area contributed by atoms with Crippen molar-refractivity contribution in [2.75, 3.05) is 5.32 Å². The van der Waals surface area contributed by atoms with Crippen LogP contribution in [0.5, 0.6) is 0 Å². The van der Waals surface area contributed by atoms with Crippen molar-refractivity contribution in [3.8, 4) is 0 Å². The number of halogens is 1. The Hall–Kier alpha value is -3.52. The van der Waals surface area contributed by atoms with E-state index in [9.17, 15) is 14.0 Å². The van der Waals surface area contributed by atoms with E-state index in [0.29, 0.717) is 17.0 Å². The van der Waals surface area contributed by atoms with E-state index in [-0.39, 0.29) is 23.1 Å². The number of furan rings is 1. The fourth-order valence-electron chi connectivity index (χ4n) is 2.44. The molecule has 1 heterocycles. The molecule has 2 aromatic carbocycles. The lowest BCUT2D eigenvalue weighted by atomic mass is 10.1. The minimum atomic E-state index is -0.685. The second-order valence-corrected chi connectivity index (χ2v) is 6.10. The summed E-state index contributed by atoms with van der Waals surface area (Å²) in [5.41, 5.74) is 0.603. The predicted octanol–water partition coefficient (Wildman–Crippen LogP) is 3.48. The summed E-state index contributed by atoms with van der Waals surface area (Å²) >= 11 is 5.12. The average Bonchev–Trinajstić information content (AvgIpc) is 3.20. The Labute approximate surface area is 165 Å². The van der Waals surface area contributed by atoms with Gasteiger partial charge in [-0.1, -0.05) is 24.3 Å². The zero-order valence-corrected chi connectivity index (χ0v) is 15.4. The number of para-hydroxylation sites is 1. The van der Waals surface area contributed by atoms with Gasteiger partial charge in [0.2, 0.25) is 0 Å². The third-order valence-electron chi connectivity index (χ3n) is 3.77. The monoisotopic (exact) mass is 397 g/mol. The van der Waals surface area contributed by atoms with Gasteiger partial charge < -0.3 is 15.1 Å². The molecule has 0 aliphatic carbocycles. The lowest BCUT2D eigenvalue weighted by molar-refractivity contribution is 0.0947. The summed E-state index contributed by atoms with van der Waals surface area (Å²) in [5.74, 6) is -1.06. The summed E-state index contributed by atoms with van der Waals surface area (Å²) < 4.78 is 18.9. The molecule has 0 unspecified atom stereocenters. The maximum Gasteiger partial charge on any atom is 0.260 e. The first-order valence-corrected chi connectivity index (χ1v) is 8.72. The fraction of sp³-hybridized carbons (Fsp3) is 0.0500. The molecule has 0 bridgehead atoms. The molecule has 3 N–H and O–H groups in total. The highest BCUT2D eigenvalue weighted by molar-refractivity contribution is 7.80. The van der Waals surface area contributed by atoms with Crippen molar-refractivity contribution in [1.82, 2.24) is 10.6 Å². The van der Waals surface area contributed by atoms with Crippen LogP contribution < -0.4 is 16.0 Å². The Balaban J connectivity index is 1.65. The van der Waals surface area contributed by atoms with Gasteiger partial charge in [0.1, 0.15) is 11.6 Å². The van der Waals surface area contributed by atoms with Crippen LogP contribution in [0.15, 0.2) is 71.3 Å². The van der Waals surface area contributed by atoms with Crippen molar-refractivity contribution in [2.45, 2.75) is 6.54 Å². The van der Waals surface area contributed by atoms with Crippen molar-refractivity contribution in [3.05, 3.63) is 89.6 Å². The number of anilines is 1. The number of hydrogen-bond acceptors (Lipinski definition) is 4. The Bertz CT molecular complexity index is 1010. The molecule has 3 rings (SSSR count). The van der Waals surface area contributed by atoms with Crippen LogP contribution in [0, 0.1) is 5.82 Å². The molecule has 1 aromatic heterocycles. The normalized spacial score (nSPS) is 10.2. The van der Waals surface area contributed by atoms with E-state index in [0.717, 1.165) is 0 Å². The fourth-order valence-corrected chi connectivity index (χ4v) is 2.64. The van der Waals surface area contributed by atoms with E-state index in [1.807, 2.05) is 0 Å². The second kappa shape index (κ2) is 8.92. The number of rotatable bonds is 5. The molecule has 0 spiro atoms. The number of amides is 2. The Kier molecular flexibility index (Phi) is 6.13. The average molecular weight is 397 g/mol. The first-order chi connectivity index (χ1) is 13.5. The minimum Gasteiger partial charge on any atom is -0.467 e. The van der Waals surface area contributed by atoms with Gasteiger partial charge in [0.15, 0.2) is 5.11 Å². The van der Waals surface area contributed by atoms with Crippen LogP contribution in [0.2, 0.25) is 0 Å². The first kappa shape index (κ1) is 19.2. The topological polar surface area (TPSA) is 83.4 Å². The van der Waals surface area contributed by atoms with Crippen LogP contribution in [0.1, 0.15) is 26.5 Å². The Morgan fingerprint density at radius 1 is 0.929 bits per heavy atom. The van der Waals surface area contributed by atoms with Gasteiger partial charge in [-0.15, -0.1) is 0 Å². The van der Waals surface area contributed by atoms with Crippen LogP contribution in [0.25, 0.3) is 0 Å². The SMILES string of the molecule is O=C(NC(=S)Nc1ccccc1C(=O)NCc1ccco1)c1ccccc1F. The molecule has 142 valence electrons. The van der Waals surface area contributed by atoms with Crippen LogP contribution in [-0.4, -0.2) is 16.9 Å². The van der Waals surface area contributed by atoms with Gasteiger partial charge in [-0.3, -0.25) is 14.9 Å². The molecule has 6 nitrogen and oxygen atoms in total.